The summed E-state index contributed by atoms with van der Waals surface area (Å²) in [7, 11) is 0. The summed E-state index contributed by atoms with van der Waals surface area (Å²) < 4.78 is 22.0. The Labute approximate surface area is 211 Å². The van der Waals surface area contributed by atoms with Crippen LogP contribution in [-0.2, 0) is 25.5 Å². The quantitative estimate of drug-likeness (QED) is 0.437. The van der Waals surface area contributed by atoms with Crippen molar-refractivity contribution in [2.45, 2.75) is 39.3 Å². The lowest BCUT2D eigenvalue weighted by Gasteiger charge is -2.24. The van der Waals surface area contributed by atoms with E-state index in [-0.39, 0.29) is 29.4 Å². The molecule has 6 rings (SSSR count). The number of halogens is 1. The number of imidazole rings is 1. The number of aromatic nitrogens is 2. The molecule has 0 aliphatic carbocycles. The molecular formula is C27H22FN5O4. The number of carbonyl (C=O) groups is 3. The van der Waals surface area contributed by atoms with Gasteiger partial charge >= 0.3 is 5.97 Å². The normalized spacial score (nSPS) is 18.5. The van der Waals surface area contributed by atoms with Gasteiger partial charge in [0.1, 0.15) is 17.5 Å². The molecule has 37 heavy (non-hydrogen) atoms. The number of esters is 1. The minimum absolute atomic E-state index is 0.0146. The molecule has 10 heteroatoms. The molecule has 0 radical (unpaired) electrons. The van der Waals surface area contributed by atoms with Gasteiger partial charge in [0, 0.05) is 30.6 Å². The van der Waals surface area contributed by atoms with Gasteiger partial charge in [-0.3, -0.25) is 24.3 Å². The molecular weight excluding hydrogens is 477 g/mol. The number of fused-ring (bicyclic) bond motifs is 1. The number of rotatable bonds is 4. The second-order valence-corrected chi connectivity index (χ2v) is 9.41. The third-order valence-corrected chi connectivity index (χ3v) is 6.63. The number of nitrogens with one attached hydrogen (secondary N) is 1. The van der Waals surface area contributed by atoms with Crippen LogP contribution in [0.25, 0.3) is 11.2 Å². The second-order valence-electron chi connectivity index (χ2n) is 9.41. The Morgan fingerprint density at radius 3 is 2.78 bits per heavy atom. The van der Waals surface area contributed by atoms with E-state index in [0.717, 1.165) is 5.56 Å². The van der Waals surface area contributed by atoms with Gasteiger partial charge in [-0.1, -0.05) is 6.07 Å². The average Bonchev–Trinajstić information content (AvgIpc) is 3.45. The van der Waals surface area contributed by atoms with Gasteiger partial charge in [0.2, 0.25) is 0 Å². The van der Waals surface area contributed by atoms with E-state index in [1.54, 1.807) is 35.5 Å². The van der Waals surface area contributed by atoms with Gasteiger partial charge in [0.25, 0.3) is 11.8 Å². The molecule has 1 unspecified atom stereocenters. The zero-order valence-corrected chi connectivity index (χ0v) is 20.3. The Bertz CT molecular complexity index is 1630. The summed E-state index contributed by atoms with van der Waals surface area (Å²) in [6, 6.07) is 5.65. The third kappa shape index (κ3) is 3.47. The van der Waals surface area contributed by atoms with Gasteiger partial charge < -0.3 is 9.64 Å². The Morgan fingerprint density at radius 2 is 2.00 bits per heavy atom. The van der Waals surface area contributed by atoms with Crippen LogP contribution < -0.4 is 10.2 Å². The summed E-state index contributed by atoms with van der Waals surface area (Å²) in [6.07, 6.45) is 6.25. The van der Waals surface area contributed by atoms with Gasteiger partial charge in [-0.05, 0) is 50.1 Å². The van der Waals surface area contributed by atoms with Crippen molar-refractivity contribution in [3.8, 4) is 0 Å². The number of nitrogens with zero attached hydrogens (tertiary/aromatic N) is 4. The van der Waals surface area contributed by atoms with Crippen LogP contribution in [-0.4, -0.2) is 45.0 Å². The molecule has 0 fully saturated rings. The molecule has 2 aromatic heterocycles. The fourth-order valence-corrected chi connectivity index (χ4v) is 5.16. The average molecular weight is 500 g/mol. The van der Waals surface area contributed by atoms with Crippen molar-refractivity contribution in [1.82, 2.24) is 14.7 Å². The standard InChI is InChI=1S/C27H22FN5O4/c1-13(2)37-27(36)18-10-15-9-16(28)11-17-22(29-6-8-32(18)23(15)17)21-20(25(34)31-26(21)35)19-12-30-24-14(3)5-4-7-33(19)24/h4-9,11-13,18H,10H2,1-3H3,(H,31,34,35). The number of anilines is 1. The van der Waals surface area contributed by atoms with Crippen LogP contribution in [0.5, 0.6) is 0 Å². The largest absolute Gasteiger partial charge is 0.461 e. The predicted octanol–water partition coefficient (Wildman–Crippen LogP) is 2.85. The van der Waals surface area contributed by atoms with Crippen LogP contribution in [0.4, 0.5) is 10.1 Å². The highest BCUT2D eigenvalue weighted by Crippen LogP contribution is 2.41. The second kappa shape index (κ2) is 8.22. The van der Waals surface area contributed by atoms with E-state index in [1.807, 2.05) is 19.1 Å². The van der Waals surface area contributed by atoms with Gasteiger partial charge in [-0.2, -0.15) is 0 Å². The van der Waals surface area contributed by atoms with Crippen LogP contribution in [0.15, 0.2) is 59.6 Å². The zero-order valence-electron chi connectivity index (χ0n) is 20.3. The minimum atomic E-state index is -0.710. The van der Waals surface area contributed by atoms with E-state index in [4.69, 9.17) is 4.74 Å². The molecule has 0 bridgehead atoms. The Kier molecular flexibility index (Phi) is 5.08. The van der Waals surface area contributed by atoms with E-state index >= 15 is 0 Å². The molecule has 1 aromatic carbocycles. The molecule has 186 valence electrons. The van der Waals surface area contributed by atoms with Gasteiger partial charge in [0.15, 0.2) is 0 Å². The fraction of sp³-hybridized carbons (Fsp3) is 0.222. The number of amides is 2. The monoisotopic (exact) mass is 499 g/mol. The summed E-state index contributed by atoms with van der Waals surface area (Å²) in [5.74, 6) is -2.23. The molecule has 1 atom stereocenters. The van der Waals surface area contributed by atoms with E-state index in [9.17, 15) is 18.8 Å². The van der Waals surface area contributed by atoms with Crippen molar-refractivity contribution in [3.05, 3.63) is 82.8 Å². The van der Waals surface area contributed by atoms with Gasteiger partial charge in [-0.25, -0.2) is 14.2 Å². The first-order valence-corrected chi connectivity index (χ1v) is 11.8. The smallest absolute Gasteiger partial charge is 0.329 e. The molecule has 1 N–H and O–H groups in total. The van der Waals surface area contributed by atoms with Crippen LogP contribution in [0, 0.1) is 12.7 Å². The van der Waals surface area contributed by atoms with Crippen molar-refractivity contribution in [3.63, 3.8) is 0 Å². The predicted molar refractivity (Wildman–Crippen MR) is 133 cm³/mol. The lowest BCUT2D eigenvalue weighted by molar-refractivity contribution is -0.148. The molecule has 5 heterocycles. The van der Waals surface area contributed by atoms with Crippen molar-refractivity contribution in [2.24, 2.45) is 4.99 Å². The Morgan fingerprint density at radius 1 is 1.22 bits per heavy atom. The maximum atomic E-state index is 14.9. The summed E-state index contributed by atoms with van der Waals surface area (Å²) in [5, 5.41) is 2.36. The number of benzene rings is 1. The van der Waals surface area contributed by atoms with E-state index in [2.05, 4.69) is 15.3 Å². The molecule has 3 aliphatic heterocycles. The molecule has 2 amide bonds. The lowest BCUT2D eigenvalue weighted by atomic mass is 9.94. The highest BCUT2D eigenvalue weighted by atomic mass is 19.1. The summed E-state index contributed by atoms with van der Waals surface area (Å²) in [5.41, 5.74) is 3.63. The van der Waals surface area contributed by atoms with E-state index < -0.39 is 29.6 Å². The fourth-order valence-electron chi connectivity index (χ4n) is 5.16. The number of aryl methyl sites for hydroxylation is 1. The molecule has 3 aromatic rings. The zero-order chi connectivity index (χ0) is 26.0. The van der Waals surface area contributed by atoms with Crippen LogP contribution in [0.2, 0.25) is 0 Å². The number of hydrogen-bond donors (Lipinski definition) is 1. The van der Waals surface area contributed by atoms with Crippen LogP contribution >= 0.6 is 0 Å². The molecule has 3 aliphatic rings. The summed E-state index contributed by atoms with van der Waals surface area (Å²) in [6.45, 7) is 5.42. The number of pyridine rings is 1. The number of hydrogen-bond acceptors (Lipinski definition) is 7. The molecule has 0 spiro atoms. The van der Waals surface area contributed by atoms with E-state index in [0.29, 0.717) is 28.2 Å². The number of ether oxygens (including phenoxy) is 1. The van der Waals surface area contributed by atoms with Crippen LogP contribution in [0.1, 0.15) is 36.2 Å². The first-order chi connectivity index (χ1) is 17.7. The summed E-state index contributed by atoms with van der Waals surface area (Å²) >= 11 is 0. The first-order valence-electron chi connectivity index (χ1n) is 11.8. The van der Waals surface area contributed by atoms with Crippen LogP contribution in [0.3, 0.4) is 0 Å². The Balaban J connectivity index is 1.55. The van der Waals surface area contributed by atoms with Gasteiger partial charge in [-0.15, -0.1) is 0 Å². The molecule has 0 saturated heterocycles. The topological polar surface area (TPSA) is 105 Å². The highest BCUT2D eigenvalue weighted by molar-refractivity contribution is 6.47. The number of aliphatic imine (C=N–C) groups is 1. The Hall–Kier alpha value is -4.60. The SMILES string of the molecule is Cc1cccn2c(C3=C(C4=NC=CN5c6c(cc(F)cc64)CC5C(=O)OC(C)C)C(=O)NC3=O)cnc12. The van der Waals surface area contributed by atoms with Crippen molar-refractivity contribution in [2.75, 3.05) is 4.90 Å². The van der Waals surface area contributed by atoms with Crippen molar-refractivity contribution in [1.29, 1.82) is 0 Å². The van der Waals surface area contributed by atoms with E-state index in [1.165, 1.54) is 24.5 Å². The lowest BCUT2D eigenvalue weighted by Crippen LogP contribution is -2.37. The number of imide groups is 1. The van der Waals surface area contributed by atoms with Crippen molar-refractivity contribution < 1.29 is 23.5 Å². The minimum Gasteiger partial charge on any atom is -0.461 e. The summed E-state index contributed by atoms with van der Waals surface area (Å²) in [4.78, 5) is 49.7. The molecule has 0 saturated carbocycles. The number of carbonyl (C=O) groups excluding carboxylic acids is 3. The highest BCUT2D eigenvalue weighted by Gasteiger charge is 2.42. The maximum Gasteiger partial charge on any atom is 0.329 e. The molecule has 9 nitrogen and oxygen atoms in total. The third-order valence-electron chi connectivity index (χ3n) is 6.63. The van der Waals surface area contributed by atoms with Crippen molar-refractivity contribution >= 4 is 40.4 Å². The maximum absolute atomic E-state index is 14.9. The first kappa shape index (κ1) is 22.8. The van der Waals surface area contributed by atoms with Gasteiger partial charge in [0.05, 0.1) is 40.5 Å².